The van der Waals surface area contributed by atoms with Crippen molar-refractivity contribution in [1.29, 1.82) is 0 Å². The van der Waals surface area contributed by atoms with Crippen LogP contribution in [-0.2, 0) is 13.6 Å². The van der Waals surface area contributed by atoms with Crippen molar-refractivity contribution in [3.05, 3.63) is 0 Å². The third-order valence-corrected chi connectivity index (χ3v) is 4.15. The summed E-state index contributed by atoms with van der Waals surface area (Å²) in [5.74, 6) is 0.189. The molecule has 0 aliphatic carbocycles. The first kappa shape index (κ1) is 14.1. The molecule has 86 valence electrons. The molecule has 0 amide bonds. The molecule has 0 aromatic carbocycles. The van der Waals surface area contributed by atoms with Crippen LogP contribution in [-0.4, -0.2) is 19.0 Å². The van der Waals surface area contributed by atoms with Crippen LogP contribution >= 0.6 is 7.60 Å². The van der Waals surface area contributed by atoms with Crippen molar-refractivity contribution in [2.24, 2.45) is 5.92 Å². The summed E-state index contributed by atoms with van der Waals surface area (Å²) in [6, 6.07) is 0. The molecular weight excluding hydrogens is 201 g/mol. The Morgan fingerprint density at radius 3 is 1.93 bits per heavy atom. The summed E-state index contributed by atoms with van der Waals surface area (Å²) < 4.78 is 22.5. The first-order valence-corrected chi connectivity index (χ1v) is 6.79. The van der Waals surface area contributed by atoms with Crippen LogP contribution in [0.1, 0.15) is 34.1 Å². The second-order valence-electron chi connectivity index (χ2n) is 3.66. The van der Waals surface area contributed by atoms with E-state index in [1.165, 1.54) is 0 Å². The van der Waals surface area contributed by atoms with Crippen molar-refractivity contribution < 1.29 is 19.3 Å². The zero-order valence-corrected chi connectivity index (χ0v) is 10.5. The Balaban J connectivity index is 4.38. The van der Waals surface area contributed by atoms with Crippen molar-refractivity contribution >= 4 is 7.60 Å². The van der Waals surface area contributed by atoms with Crippen LogP contribution in [0.5, 0.6) is 0 Å². The van der Waals surface area contributed by atoms with Crippen molar-refractivity contribution in [2.75, 3.05) is 13.2 Å². The van der Waals surface area contributed by atoms with Gasteiger partial charge in [-0.05, 0) is 19.8 Å². The zero-order chi connectivity index (χ0) is 11.2. The molecule has 3 N–H and O–H groups in total. The number of hydrogen-bond donors (Lipinski definition) is 1. The lowest BCUT2D eigenvalue weighted by Crippen LogP contribution is -2.61. The third kappa shape index (κ3) is 4.56. The van der Waals surface area contributed by atoms with Crippen LogP contribution in [0.4, 0.5) is 0 Å². The molecule has 0 rings (SSSR count). The minimum Gasteiger partial charge on any atom is -0.345 e. The predicted molar refractivity (Wildman–Crippen MR) is 57.0 cm³/mol. The summed E-state index contributed by atoms with van der Waals surface area (Å²) in [6.07, 6.45) is 0.761. The smallest absolute Gasteiger partial charge is 0.345 e. The van der Waals surface area contributed by atoms with E-state index in [-0.39, 0.29) is 5.78 Å². The van der Waals surface area contributed by atoms with Crippen molar-refractivity contribution in [3.63, 3.8) is 0 Å². The first-order chi connectivity index (χ1) is 6.46. The van der Waals surface area contributed by atoms with Crippen molar-refractivity contribution in [3.8, 4) is 0 Å². The molecule has 0 bridgehead atoms. The standard InChI is InChI=1S/C9H22NO3P/c1-5-12-14(11,13-6-2)9(10)7-8(3)4/h8-9H,5-7,10H2,1-4H3/p+1. The van der Waals surface area contributed by atoms with Gasteiger partial charge in [-0.15, -0.1) is 0 Å². The number of hydrogen-bond acceptors (Lipinski definition) is 3. The monoisotopic (exact) mass is 224 g/mol. The molecule has 0 heterocycles. The van der Waals surface area contributed by atoms with Crippen molar-refractivity contribution in [2.45, 2.75) is 39.9 Å². The number of quaternary nitrogens is 1. The maximum absolute atomic E-state index is 12.1. The van der Waals surface area contributed by atoms with Gasteiger partial charge < -0.3 is 14.8 Å². The Hall–Kier alpha value is 0.110. The Kier molecular flexibility index (Phi) is 6.62. The van der Waals surface area contributed by atoms with Crippen LogP contribution in [0.3, 0.4) is 0 Å². The lowest BCUT2D eigenvalue weighted by Gasteiger charge is -2.21. The summed E-state index contributed by atoms with van der Waals surface area (Å²) in [4.78, 5) is 0. The molecule has 1 atom stereocenters. The minimum absolute atomic E-state index is 0.262. The highest BCUT2D eigenvalue weighted by Crippen LogP contribution is 2.51. The molecule has 5 heteroatoms. The van der Waals surface area contributed by atoms with E-state index in [0.717, 1.165) is 6.42 Å². The van der Waals surface area contributed by atoms with Gasteiger partial charge in [-0.2, -0.15) is 0 Å². The Morgan fingerprint density at radius 1 is 1.21 bits per heavy atom. The molecule has 1 unspecified atom stereocenters. The van der Waals surface area contributed by atoms with Gasteiger partial charge in [0.2, 0.25) is 0 Å². The van der Waals surface area contributed by atoms with E-state index in [1.54, 1.807) is 0 Å². The average molecular weight is 224 g/mol. The molecular formula is C9H23NO3P+. The second-order valence-corrected chi connectivity index (χ2v) is 5.99. The van der Waals surface area contributed by atoms with Crippen LogP contribution in [0.25, 0.3) is 0 Å². The van der Waals surface area contributed by atoms with Gasteiger partial charge in [-0.25, -0.2) is 0 Å². The van der Waals surface area contributed by atoms with Crippen molar-refractivity contribution in [1.82, 2.24) is 0 Å². The van der Waals surface area contributed by atoms with E-state index in [2.05, 4.69) is 19.6 Å². The molecule has 14 heavy (non-hydrogen) atoms. The molecule has 4 nitrogen and oxygen atoms in total. The quantitative estimate of drug-likeness (QED) is 0.671. The highest BCUT2D eigenvalue weighted by atomic mass is 31.2. The van der Waals surface area contributed by atoms with E-state index in [1.807, 2.05) is 13.8 Å². The Labute approximate surface area is 86.7 Å². The molecule has 0 fully saturated rings. The molecule has 0 aliphatic rings. The SMILES string of the molecule is CCOP(=O)(OCC)C([NH3+])CC(C)C. The fourth-order valence-corrected chi connectivity index (χ4v) is 3.18. The summed E-state index contributed by atoms with van der Waals surface area (Å²) >= 11 is 0. The van der Waals surface area contributed by atoms with E-state index in [0.29, 0.717) is 19.1 Å². The minimum atomic E-state index is -2.98. The lowest BCUT2D eigenvalue weighted by atomic mass is 10.1. The fourth-order valence-electron chi connectivity index (χ4n) is 1.28. The van der Waals surface area contributed by atoms with Crippen LogP contribution < -0.4 is 5.73 Å². The van der Waals surface area contributed by atoms with E-state index >= 15 is 0 Å². The van der Waals surface area contributed by atoms with Gasteiger partial charge in [0.15, 0.2) is 5.78 Å². The van der Waals surface area contributed by atoms with Gasteiger partial charge in [-0.1, -0.05) is 13.8 Å². The maximum atomic E-state index is 12.1. The highest BCUT2D eigenvalue weighted by molar-refractivity contribution is 7.54. The topological polar surface area (TPSA) is 63.2 Å². The molecule has 0 saturated carbocycles. The normalized spacial score (nSPS) is 14.7. The summed E-state index contributed by atoms with van der Waals surface area (Å²) in [6.45, 7) is 8.57. The van der Waals surface area contributed by atoms with E-state index in [4.69, 9.17) is 9.05 Å². The second kappa shape index (κ2) is 6.57. The maximum Gasteiger partial charge on any atom is 0.387 e. The molecule has 0 spiro atoms. The summed E-state index contributed by atoms with van der Waals surface area (Å²) in [5, 5.41) is 0. The van der Waals surface area contributed by atoms with Crippen LogP contribution in [0, 0.1) is 5.92 Å². The summed E-state index contributed by atoms with van der Waals surface area (Å²) in [5.41, 5.74) is 3.87. The van der Waals surface area contributed by atoms with Gasteiger partial charge >= 0.3 is 7.60 Å². The van der Waals surface area contributed by atoms with Crippen LogP contribution in [0.2, 0.25) is 0 Å². The molecule has 0 radical (unpaired) electrons. The Morgan fingerprint density at radius 2 is 1.64 bits per heavy atom. The third-order valence-electron chi connectivity index (χ3n) is 1.81. The predicted octanol–water partition coefficient (Wildman–Crippen LogP) is 1.87. The molecule has 0 aromatic rings. The molecule has 0 aromatic heterocycles. The number of rotatable bonds is 7. The van der Waals surface area contributed by atoms with Gasteiger partial charge in [0.25, 0.3) is 0 Å². The van der Waals surface area contributed by atoms with E-state index in [9.17, 15) is 4.57 Å². The average Bonchev–Trinajstić information content (AvgIpc) is 2.03. The molecule has 0 saturated heterocycles. The lowest BCUT2D eigenvalue weighted by molar-refractivity contribution is -0.397. The Bertz CT molecular complexity index is 186. The first-order valence-electron chi connectivity index (χ1n) is 5.18. The molecule has 0 aliphatic heterocycles. The van der Waals surface area contributed by atoms with E-state index < -0.39 is 7.60 Å². The highest BCUT2D eigenvalue weighted by Gasteiger charge is 2.36. The summed E-state index contributed by atoms with van der Waals surface area (Å²) in [7, 11) is -2.98. The van der Waals surface area contributed by atoms with Gasteiger partial charge in [-0.3, -0.25) is 4.57 Å². The fraction of sp³-hybridized carbons (Fsp3) is 1.00. The largest absolute Gasteiger partial charge is 0.387 e. The van der Waals surface area contributed by atoms with Gasteiger partial charge in [0.1, 0.15) is 0 Å². The van der Waals surface area contributed by atoms with Gasteiger partial charge in [0.05, 0.1) is 13.2 Å². The van der Waals surface area contributed by atoms with Gasteiger partial charge in [0, 0.05) is 6.42 Å². The zero-order valence-electron chi connectivity index (χ0n) is 9.66. The van der Waals surface area contributed by atoms with Crippen LogP contribution in [0.15, 0.2) is 0 Å².